The van der Waals surface area contributed by atoms with Crippen LogP contribution in [0.5, 0.6) is 0 Å². The second-order valence-corrected chi connectivity index (χ2v) is 2.97. The Morgan fingerprint density at radius 2 is 2.08 bits per heavy atom. The predicted octanol–water partition coefficient (Wildman–Crippen LogP) is 1.97. The first-order valence-corrected chi connectivity index (χ1v) is 4.30. The van der Waals surface area contributed by atoms with Crippen LogP contribution in [0.3, 0.4) is 0 Å². The summed E-state index contributed by atoms with van der Waals surface area (Å²) in [7, 11) is 0. The number of hydrogen-bond donors (Lipinski definition) is 1. The summed E-state index contributed by atoms with van der Waals surface area (Å²) in [5.41, 5.74) is 0.773. The quantitative estimate of drug-likeness (QED) is 0.559. The lowest BCUT2D eigenvalue weighted by Crippen LogP contribution is -2.41. The van der Waals surface area contributed by atoms with Gasteiger partial charge in [-0.15, -0.1) is 0 Å². The molecular weight excluding hydrogens is 199 g/mol. The average Bonchev–Trinajstić information content (AvgIpc) is 2.01. The maximum atomic E-state index is 11.9. The van der Waals surface area contributed by atoms with Crippen LogP contribution >= 0.6 is 12.6 Å². The van der Waals surface area contributed by atoms with E-state index in [0.29, 0.717) is 5.75 Å². The van der Waals surface area contributed by atoms with Crippen molar-refractivity contribution in [3.8, 4) is 0 Å². The van der Waals surface area contributed by atoms with Gasteiger partial charge in [-0.25, -0.2) is 0 Å². The number of aromatic nitrogens is 1. The molecule has 0 unspecified atom stereocenters. The normalized spacial score (nSPS) is 11.7. The molecule has 0 spiro atoms. The Labute approximate surface area is 79.6 Å². The topological polar surface area (TPSA) is 3.88 Å². The number of hydrogen-bond acceptors (Lipinski definition) is 1. The number of rotatable bonds is 2. The molecule has 0 aliphatic heterocycles. The molecule has 0 aromatic carbocycles. The Bertz CT molecular complexity index is 285. The molecule has 0 aliphatic rings. The standard InChI is InChI=1S/C8H8F3NS/c9-8(10,11)6-12-3-1-2-7(4-12)5-13/h1-4H,5-6H2/p+1. The molecule has 1 aromatic heterocycles. The summed E-state index contributed by atoms with van der Waals surface area (Å²) in [6.45, 7) is -0.950. The molecule has 0 N–H and O–H groups in total. The van der Waals surface area contributed by atoms with Crippen molar-refractivity contribution in [3.63, 3.8) is 0 Å². The van der Waals surface area contributed by atoms with Gasteiger partial charge in [-0.05, 0) is 6.07 Å². The van der Waals surface area contributed by atoms with E-state index in [4.69, 9.17) is 0 Å². The van der Waals surface area contributed by atoms with Crippen molar-refractivity contribution in [2.75, 3.05) is 0 Å². The fourth-order valence-corrected chi connectivity index (χ4v) is 1.16. The van der Waals surface area contributed by atoms with E-state index < -0.39 is 12.7 Å². The van der Waals surface area contributed by atoms with E-state index in [9.17, 15) is 13.2 Å². The minimum absolute atomic E-state index is 0.443. The van der Waals surface area contributed by atoms with Crippen molar-refractivity contribution >= 4 is 12.6 Å². The van der Waals surface area contributed by atoms with E-state index in [0.717, 1.165) is 10.1 Å². The number of halogens is 3. The van der Waals surface area contributed by atoms with Crippen molar-refractivity contribution in [1.82, 2.24) is 0 Å². The van der Waals surface area contributed by atoms with Crippen molar-refractivity contribution in [1.29, 1.82) is 0 Å². The molecule has 1 aromatic rings. The molecule has 0 fully saturated rings. The number of thiol groups is 1. The third-order valence-corrected chi connectivity index (χ3v) is 1.83. The highest BCUT2D eigenvalue weighted by molar-refractivity contribution is 7.79. The van der Waals surface area contributed by atoms with Gasteiger partial charge in [0.2, 0.25) is 6.54 Å². The van der Waals surface area contributed by atoms with Gasteiger partial charge in [0.15, 0.2) is 12.4 Å². The highest BCUT2D eigenvalue weighted by Crippen LogP contribution is 2.14. The van der Waals surface area contributed by atoms with Gasteiger partial charge in [0, 0.05) is 17.4 Å². The maximum Gasteiger partial charge on any atom is 0.448 e. The summed E-state index contributed by atoms with van der Waals surface area (Å²) >= 11 is 3.97. The van der Waals surface area contributed by atoms with Crippen LogP contribution in [0.25, 0.3) is 0 Å². The van der Waals surface area contributed by atoms with Gasteiger partial charge < -0.3 is 0 Å². The van der Waals surface area contributed by atoms with E-state index in [1.165, 1.54) is 12.4 Å². The van der Waals surface area contributed by atoms with Crippen LogP contribution in [-0.4, -0.2) is 6.18 Å². The van der Waals surface area contributed by atoms with Gasteiger partial charge >= 0.3 is 6.18 Å². The SMILES string of the molecule is FC(F)(F)C[n+]1cccc(CS)c1. The Kier molecular flexibility index (Phi) is 3.19. The largest absolute Gasteiger partial charge is 0.448 e. The summed E-state index contributed by atoms with van der Waals surface area (Å²) in [5.74, 6) is 0.443. The van der Waals surface area contributed by atoms with Gasteiger partial charge in [-0.2, -0.15) is 30.4 Å². The van der Waals surface area contributed by atoms with E-state index in [2.05, 4.69) is 12.6 Å². The van der Waals surface area contributed by atoms with E-state index in [1.54, 1.807) is 12.1 Å². The first kappa shape index (κ1) is 10.4. The third-order valence-electron chi connectivity index (χ3n) is 1.46. The molecule has 0 radical (unpaired) electrons. The second-order valence-electron chi connectivity index (χ2n) is 2.66. The summed E-state index contributed by atoms with van der Waals surface area (Å²) in [5, 5.41) is 0. The smallest absolute Gasteiger partial charge is 0.195 e. The number of nitrogens with zero attached hydrogens (tertiary/aromatic N) is 1. The van der Waals surface area contributed by atoms with E-state index in [1.807, 2.05) is 0 Å². The lowest BCUT2D eigenvalue weighted by atomic mass is 10.3. The second kappa shape index (κ2) is 4.00. The minimum Gasteiger partial charge on any atom is -0.195 e. The van der Waals surface area contributed by atoms with Crippen LogP contribution in [0.2, 0.25) is 0 Å². The lowest BCUT2D eigenvalue weighted by Gasteiger charge is -2.02. The highest BCUT2D eigenvalue weighted by atomic mass is 32.1. The molecule has 0 saturated carbocycles. The molecule has 5 heteroatoms. The zero-order valence-corrected chi connectivity index (χ0v) is 7.65. The van der Waals surface area contributed by atoms with Gasteiger partial charge in [0.05, 0.1) is 0 Å². The first-order chi connectivity index (χ1) is 6.01. The lowest BCUT2D eigenvalue weighted by molar-refractivity contribution is -0.719. The first-order valence-electron chi connectivity index (χ1n) is 3.67. The molecule has 72 valence electrons. The summed E-state index contributed by atoms with van der Waals surface area (Å²) in [4.78, 5) is 0. The van der Waals surface area contributed by atoms with Gasteiger partial charge in [-0.3, -0.25) is 0 Å². The Hall–Kier alpha value is -0.710. The molecule has 13 heavy (non-hydrogen) atoms. The zero-order valence-electron chi connectivity index (χ0n) is 6.75. The molecule has 0 bridgehead atoms. The Morgan fingerprint density at radius 3 is 2.62 bits per heavy atom. The van der Waals surface area contributed by atoms with Gasteiger partial charge in [0.1, 0.15) is 0 Å². The van der Waals surface area contributed by atoms with E-state index in [-0.39, 0.29) is 0 Å². The molecule has 0 amide bonds. The van der Waals surface area contributed by atoms with Crippen molar-refractivity contribution < 1.29 is 17.7 Å². The van der Waals surface area contributed by atoms with Crippen LogP contribution in [0.1, 0.15) is 5.56 Å². The molecule has 0 aliphatic carbocycles. The zero-order chi connectivity index (χ0) is 9.90. The van der Waals surface area contributed by atoms with Crippen molar-refractivity contribution in [2.24, 2.45) is 0 Å². The Balaban J connectivity index is 2.78. The minimum atomic E-state index is -4.17. The fourth-order valence-electron chi connectivity index (χ4n) is 0.975. The number of alkyl halides is 3. The molecule has 1 rings (SSSR count). The average molecular weight is 208 g/mol. The van der Waals surface area contributed by atoms with Gasteiger partial charge in [-0.1, -0.05) is 0 Å². The highest BCUT2D eigenvalue weighted by Gasteiger charge is 2.33. The van der Waals surface area contributed by atoms with Gasteiger partial charge in [0.25, 0.3) is 0 Å². The van der Waals surface area contributed by atoms with Crippen LogP contribution < -0.4 is 4.57 Å². The molecular formula is C8H9F3NS+. The van der Waals surface area contributed by atoms with E-state index >= 15 is 0 Å². The molecule has 0 saturated heterocycles. The summed E-state index contributed by atoms with van der Waals surface area (Å²) in [6, 6.07) is 3.32. The van der Waals surface area contributed by atoms with Crippen molar-refractivity contribution in [3.05, 3.63) is 30.1 Å². The van der Waals surface area contributed by atoms with Crippen LogP contribution in [0.15, 0.2) is 24.5 Å². The molecule has 0 atom stereocenters. The van der Waals surface area contributed by atoms with Crippen LogP contribution in [-0.2, 0) is 12.3 Å². The summed E-state index contributed by atoms with van der Waals surface area (Å²) < 4.78 is 36.9. The van der Waals surface area contributed by atoms with Crippen LogP contribution in [0, 0.1) is 0 Å². The maximum absolute atomic E-state index is 11.9. The predicted molar refractivity (Wildman–Crippen MR) is 45.4 cm³/mol. The molecule has 1 heterocycles. The van der Waals surface area contributed by atoms with Crippen molar-refractivity contribution in [2.45, 2.75) is 18.5 Å². The number of pyridine rings is 1. The molecule has 1 nitrogen and oxygen atoms in total. The Morgan fingerprint density at radius 1 is 1.38 bits per heavy atom. The monoisotopic (exact) mass is 208 g/mol. The van der Waals surface area contributed by atoms with Crippen LogP contribution in [0.4, 0.5) is 13.2 Å². The summed E-state index contributed by atoms with van der Waals surface area (Å²) in [6.07, 6.45) is -1.33. The third kappa shape index (κ3) is 3.67. The fraction of sp³-hybridized carbons (Fsp3) is 0.375.